The van der Waals surface area contributed by atoms with E-state index in [9.17, 15) is 16.8 Å². The van der Waals surface area contributed by atoms with Gasteiger partial charge in [-0.05, 0) is 30.9 Å². The van der Waals surface area contributed by atoms with Gasteiger partial charge in [-0.2, -0.15) is 4.31 Å². The predicted molar refractivity (Wildman–Crippen MR) is 77.6 cm³/mol. The van der Waals surface area contributed by atoms with Crippen LogP contribution in [-0.2, 0) is 19.9 Å². The maximum Gasteiger partial charge on any atom is 0.243 e. The highest BCUT2D eigenvalue weighted by Gasteiger charge is 2.30. The number of hydrogen-bond acceptors (Lipinski definition) is 4. The second-order valence-corrected chi connectivity index (χ2v) is 9.38. The standard InChI is InChI=1S/C13H19NO4S2/c1-19(15,16)11-12-7-9-14(10-8-12)20(17,18)13-5-3-2-4-6-13/h2-6,12H,7-11H2,1H3. The van der Waals surface area contributed by atoms with E-state index in [1.807, 2.05) is 0 Å². The van der Waals surface area contributed by atoms with Gasteiger partial charge in [-0.25, -0.2) is 16.8 Å². The van der Waals surface area contributed by atoms with Crippen LogP contribution in [0.3, 0.4) is 0 Å². The molecule has 1 saturated heterocycles. The van der Waals surface area contributed by atoms with Crippen molar-refractivity contribution in [3.8, 4) is 0 Å². The second kappa shape index (κ2) is 5.83. The van der Waals surface area contributed by atoms with Crippen molar-refractivity contribution in [2.45, 2.75) is 17.7 Å². The van der Waals surface area contributed by atoms with Crippen LogP contribution in [0.1, 0.15) is 12.8 Å². The van der Waals surface area contributed by atoms with Gasteiger partial charge in [0.15, 0.2) is 0 Å². The lowest BCUT2D eigenvalue weighted by molar-refractivity contribution is 0.289. The van der Waals surface area contributed by atoms with Gasteiger partial charge in [-0.15, -0.1) is 0 Å². The number of piperidine rings is 1. The molecular weight excluding hydrogens is 298 g/mol. The van der Waals surface area contributed by atoms with E-state index in [0.717, 1.165) is 0 Å². The molecule has 1 aromatic carbocycles. The Bertz CT molecular complexity index is 645. The highest BCUT2D eigenvalue weighted by atomic mass is 32.2. The van der Waals surface area contributed by atoms with Crippen molar-refractivity contribution in [1.82, 2.24) is 4.31 Å². The molecule has 0 atom stereocenters. The maximum absolute atomic E-state index is 12.4. The summed E-state index contributed by atoms with van der Waals surface area (Å²) in [5, 5.41) is 0. The van der Waals surface area contributed by atoms with Gasteiger partial charge in [0.05, 0.1) is 10.6 Å². The van der Waals surface area contributed by atoms with Gasteiger partial charge in [-0.1, -0.05) is 18.2 Å². The van der Waals surface area contributed by atoms with E-state index in [1.54, 1.807) is 30.3 Å². The fourth-order valence-corrected chi connectivity index (χ4v) is 5.17. The summed E-state index contributed by atoms with van der Waals surface area (Å²) in [5.41, 5.74) is 0. The average molecular weight is 317 g/mol. The zero-order valence-corrected chi connectivity index (χ0v) is 13.0. The molecule has 7 heteroatoms. The molecule has 0 spiro atoms. The predicted octanol–water partition coefficient (Wildman–Crippen LogP) is 1.13. The summed E-state index contributed by atoms with van der Waals surface area (Å²) in [4.78, 5) is 0.293. The molecule has 0 N–H and O–H groups in total. The summed E-state index contributed by atoms with van der Waals surface area (Å²) in [6, 6.07) is 8.33. The molecular formula is C13H19NO4S2. The molecule has 1 heterocycles. The largest absolute Gasteiger partial charge is 0.243 e. The van der Waals surface area contributed by atoms with E-state index >= 15 is 0 Å². The van der Waals surface area contributed by atoms with Gasteiger partial charge < -0.3 is 0 Å². The van der Waals surface area contributed by atoms with E-state index in [2.05, 4.69) is 0 Å². The number of nitrogens with zero attached hydrogens (tertiary/aromatic N) is 1. The summed E-state index contributed by atoms with van der Waals surface area (Å²) in [6.45, 7) is 0.773. The van der Waals surface area contributed by atoms with Crippen LogP contribution >= 0.6 is 0 Å². The molecule has 5 nitrogen and oxygen atoms in total. The van der Waals surface area contributed by atoms with Crippen molar-refractivity contribution in [1.29, 1.82) is 0 Å². The lowest BCUT2D eigenvalue weighted by Crippen LogP contribution is -2.39. The number of sulfone groups is 1. The Morgan fingerprint density at radius 2 is 1.60 bits per heavy atom. The molecule has 20 heavy (non-hydrogen) atoms. The van der Waals surface area contributed by atoms with Crippen LogP contribution < -0.4 is 0 Å². The molecule has 112 valence electrons. The molecule has 0 aliphatic carbocycles. The Labute approximate surface area is 120 Å². The molecule has 2 rings (SSSR count). The molecule has 0 bridgehead atoms. The SMILES string of the molecule is CS(=O)(=O)CC1CCN(S(=O)(=O)c2ccccc2)CC1. The molecule has 1 fully saturated rings. The molecule has 1 aliphatic heterocycles. The lowest BCUT2D eigenvalue weighted by Gasteiger charge is -2.30. The van der Waals surface area contributed by atoms with E-state index in [-0.39, 0.29) is 11.7 Å². The first-order chi connectivity index (χ1) is 9.29. The number of hydrogen-bond donors (Lipinski definition) is 0. The van der Waals surface area contributed by atoms with Crippen LogP contribution in [0.4, 0.5) is 0 Å². The Morgan fingerprint density at radius 1 is 1.05 bits per heavy atom. The van der Waals surface area contributed by atoms with Crippen LogP contribution in [0.15, 0.2) is 35.2 Å². The normalized spacial score (nSPS) is 19.1. The average Bonchev–Trinajstić information content (AvgIpc) is 2.38. The fraction of sp³-hybridized carbons (Fsp3) is 0.538. The first-order valence-corrected chi connectivity index (χ1v) is 10.0. The zero-order valence-electron chi connectivity index (χ0n) is 11.4. The summed E-state index contributed by atoms with van der Waals surface area (Å²) in [7, 11) is -6.44. The van der Waals surface area contributed by atoms with Crippen LogP contribution in [0, 0.1) is 5.92 Å². The number of sulfonamides is 1. The molecule has 1 aliphatic rings. The third kappa shape index (κ3) is 3.80. The van der Waals surface area contributed by atoms with Crippen LogP contribution in [0.2, 0.25) is 0 Å². The maximum atomic E-state index is 12.4. The molecule has 0 amide bonds. The fourth-order valence-electron chi connectivity index (χ4n) is 2.49. The number of rotatable bonds is 4. The lowest BCUT2D eigenvalue weighted by atomic mass is 10.0. The van der Waals surface area contributed by atoms with Crippen LogP contribution in [0.25, 0.3) is 0 Å². The van der Waals surface area contributed by atoms with Crippen molar-refractivity contribution in [2.75, 3.05) is 25.1 Å². The minimum atomic E-state index is -3.45. The Hall–Kier alpha value is -0.920. The van der Waals surface area contributed by atoms with E-state index in [1.165, 1.54) is 10.6 Å². The highest BCUT2D eigenvalue weighted by molar-refractivity contribution is 7.90. The van der Waals surface area contributed by atoms with Gasteiger partial charge in [0.25, 0.3) is 0 Å². The van der Waals surface area contributed by atoms with E-state index in [0.29, 0.717) is 30.8 Å². The van der Waals surface area contributed by atoms with Gasteiger partial charge >= 0.3 is 0 Å². The van der Waals surface area contributed by atoms with Crippen molar-refractivity contribution >= 4 is 19.9 Å². The Kier molecular flexibility index (Phi) is 4.51. The molecule has 0 aromatic heterocycles. The summed E-state index contributed by atoms with van der Waals surface area (Å²) in [5.74, 6) is 0.207. The third-order valence-electron chi connectivity index (χ3n) is 3.49. The topological polar surface area (TPSA) is 71.5 Å². The molecule has 0 saturated carbocycles. The van der Waals surface area contributed by atoms with Crippen molar-refractivity contribution < 1.29 is 16.8 Å². The van der Waals surface area contributed by atoms with Crippen molar-refractivity contribution in [3.05, 3.63) is 30.3 Å². The first kappa shape index (κ1) is 15.5. The van der Waals surface area contributed by atoms with Crippen molar-refractivity contribution in [3.63, 3.8) is 0 Å². The van der Waals surface area contributed by atoms with Gasteiger partial charge in [0.2, 0.25) is 10.0 Å². The Balaban J connectivity index is 2.04. The first-order valence-electron chi connectivity index (χ1n) is 6.52. The van der Waals surface area contributed by atoms with Crippen molar-refractivity contribution in [2.24, 2.45) is 5.92 Å². The van der Waals surface area contributed by atoms with E-state index in [4.69, 9.17) is 0 Å². The smallest absolute Gasteiger partial charge is 0.229 e. The van der Waals surface area contributed by atoms with Crippen LogP contribution in [-0.4, -0.2) is 46.2 Å². The minimum absolute atomic E-state index is 0.0622. The third-order valence-corrected chi connectivity index (χ3v) is 6.48. The summed E-state index contributed by atoms with van der Waals surface area (Å²) >= 11 is 0. The van der Waals surface area contributed by atoms with Gasteiger partial charge in [0, 0.05) is 19.3 Å². The monoisotopic (exact) mass is 317 g/mol. The zero-order chi connectivity index (χ0) is 14.8. The molecule has 0 unspecified atom stereocenters. The van der Waals surface area contributed by atoms with Gasteiger partial charge in [-0.3, -0.25) is 0 Å². The molecule has 0 radical (unpaired) electrons. The number of benzene rings is 1. The Morgan fingerprint density at radius 3 is 2.10 bits per heavy atom. The van der Waals surface area contributed by atoms with E-state index < -0.39 is 19.9 Å². The summed E-state index contributed by atoms with van der Waals surface area (Å²) < 4.78 is 48.8. The second-order valence-electron chi connectivity index (χ2n) is 5.25. The van der Waals surface area contributed by atoms with Gasteiger partial charge in [0.1, 0.15) is 9.84 Å². The minimum Gasteiger partial charge on any atom is -0.229 e. The summed E-state index contributed by atoms with van der Waals surface area (Å²) in [6.07, 6.45) is 2.42. The highest BCUT2D eigenvalue weighted by Crippen LogP contribution is 2.24. The van der Waals surface area contributed by atoms with Crippen LogP contribution in [0.5, 0.6) is 0 Å². The quantitative estimate of drug-likeness (QED) is 0.834. The molecule has 1 aromatic rings.